The zero-order valence-corrected chi connectivity index (χ0v) is 11.0. The summed E-state index contributed by atoms with van der Waals surface area (Å²) in [7, 11) is 0. The number of ether oxygens (including phenoxy) is 1. The summed E-state index contributed by atoms with van der Waals surface area (Å²) in [5.74, 6) is -0.778. The quantitative estimate of drug-likeness (QED) is 0.714. The van der Waals surface area contributed by atoms with Gasteiger partial charge in [-0.05, 0) is 27.2 Å². The number of hydrogen-bond acceptors (Lipinski definition) is 4. The van der Waals surface area contributed by atoms with Crippen molar-refractivity contribution < 1.29 is 14.6 Å². The molecule has 17 heavy (non-hydrogen) atoms. The van der Waals surface area contributed by atoms with Crippen LogP contribution in [0.2, 0.25) is 0 Å². The number of morpholine rings is 1. The lowest BCUT2D eigenvalue weighted by molar-refractivity contribution is -0.145. The standard InChI is InChI=1S/C12H24N2O3/c1-10(2)13-12(3,11(15)16)4-5-14-6-8-17-9-7-14/h10,13H,4-9H2,1-3H3,(H,15,16). The number of rotatable bonds is 6. The zero-order valence-electron chi connectivity index (χ0n) is 11.0. The van der Waals surface area contributed by atoms with Crippen LogP contribution in [0.25, 0.3) is 0 Å². The van der Waals surface area contributed by atoms with E-state index >= 15 is 0 Å². The molecule has 1 heterocycles. The number of carboxylic acid groups (broad SMARTS) is 1. The molecule has 1 atom stereocenters. The van der Waals surface area contributed by atoms with Crippen molar-refractivity contribution in [3.05, 3.63) is 0 Å². The van der Waals surface area contributed by atoms with Crippen LogP contribution in [0.15, 0.2) is 0 Å². The third-order valence-corrected chi connectivity index (χ3v) is 3.11. The zero-order chi connectivity index (χ0) is 12.9. The molecule has 0 saturated carbocycles. The largest absolute Gasteiger partial charge is 0.480 e. The van der Waals surface area contributed by atoms with Crippen molar-refractivity contribution in [1.82, 2.24) is 10.2 Å². The topological polar surface area (TPSA) is 61.8 Å². The van der Waals surface area contributed by atoms with E-state index in [0.29, 0.717) is 6.42 Å². The molecule has 1 aliphatic rings. The Hall–Kier alpha value is -0.650. The van der Waals surface area contributed by atoms with Crippen LogP contribution in [-0.4, -0.2) is 60.4 Å². The molecular formula is C12H24N2O3. The molecular weight excluding hydrogens is 220 g/mol. The van der Waals surface area contributed by atoms with Crippen LogP contribution in [0.5, 0.6) is 0 Å². The van der Waals surface area contributed by atoms with Crippen LogP contribution in [0, 0.1) is 0 Å². The maximum atomic E-state index is 11.3. The number of carboxylic acids is 1. The van der Waals surface area contributed by atoms with E-state index < -0.39 is 11.5 Å². The van der Waals surface area contributed by atoms with Crippen LogP contribution in [-0.2, 0) is 9.53 Å². The second-order valence-electron chi connectivity index (χ2n) is 5.14. The van der Waals surface area contributed by atoms with Crippen molar-refractivity contribution in [2.75, 3.05) is 32.8 Å². The van der Waals surface area contributed by atoms with Gasteiger partial charge in [0, 0.05) is 25.7 Å². The lowest BCUT2D eigenvalue weighted by Crippen LogP contribution is -2.54. The minimum Gasteiger partial charge on any atom is -0.480 e. The van der Waals surface area contributed by atoms with Gasteiger partial charge in [-0.2, -0.15) is 0 Å². The van der Waals surface area contributed by atoms with Crippen molar-refractivity contribution in [2.24, 2.45) is 0 Å². The smallest absolute Gasteiger partial charge is 0.323 e. The van der Waals surface area contributed by atoms with Gasteiger partial charge in [0.2, 0.25) is 0 Å². The summed E-state index contributed by atoms with van der Waals surface area (Å²) in [5.41, 5.74) is -0.841. The molecule has 1 aliphatic heterocycles. The minimum absolute atomic E-state index is 0.167. The van der Waals surface area contributed by atoms with E-state index in [2.05, 4.69) is 10.2 Å². The van der Waals surface area contributed by atoms with Gasteiger partial charge in [0.25, 0.3) is 0 Å². The lowest BCUT2D eigenvalue weighted by atomic mass is 9.96. The van der Waals surface area contributed by atoms with Gasteiger partial charge >= 0.3 is 5.97 Å². The molecule has 0 radical (unpaired) electrons. The first-order chi connectivity index (χ1) is 7.94. The fourth-order valence-corrected chi connectivity index (χ4v) is 2.08. The molecule has 0 spiro atoms. The van der Waals surface area contributed by atoms with E-state index in [1.165, 1.54) is 0 Å². The van der Waals surface area contributed by atoms with Crippen LogP contribution < -0.4 is 5.32 Å². The fraction of sp³-hybridized carbons (Fsp3) is 0.917. The summed E-state index contributed by atoms with van der Waals surface area (Å²) < 4.78 is 5.27. The molecule has 0 aromatic carbocycles. The highest BCUT2D eigenvalue weighted by Gasteiger charge is 2.33. The minimum atomic E-state index is -0.841. The summed E-state index contributed by atoms with van der Waals surface area (Å²) in [6.45, 7) is 9.80. The molecule has 1 fully saturated rings. The highest BCUT2D eigenvalue weighted by Crippen LogP contribution is 2.13. The Morgan fingerprint density at radius 2 is 2.06 bits per heavy atom. The average molecular weight is 244 g/mol. The first-order valence-electron chi connectivity index (χ1n) is 6.25. The summed E-state index contributed by atoms with van der Waals surface area (Å²) in [4.78, 5) is 13.6. The summed E-state index contributed by atoms with van der Waals surface area (Å²) in [5, 5.41) is 12.4. The fourth-order valence-electron chi connectivity index (χ4n) is 2.08. The van der Waals surface area contributed by atoms with Crippen LogP contribution in [0.4, 0.5) is 0 Å². The highest BCUT2D eigenvalue weighted by molar-refractivity contribution is 5.78. The van der Waals surface area contributed by atoms with Crippen molar-refractivity contribution in [1.29, 1.82) is 0 Å². The van der Waals surface area contributed by atoms with E-state index in [1.807, 2.05) is 13.8 Å². The summed E-state index contributed by atoms with van der Waals surface area (Å²) >= 11 is 0. The van der Waals surface area contributed by atoms with Gasteiger partial charge < -0.3 is 9.84 Å². The molecule has 5 heteroatoms. The maximum absolute atomic E-state index is 11.3. The molecule has 1 unspecified atom stereocenters. The Bertz CT molecular complexity index is 252. The van der Waals surface area contributed by atoms with Gasteiger partial charge in [-0.15, -0.1) is 0 Å². The predicted molar refractivity (Wildman–Crippen MR) is 66.2 cm³/mol. The van der Waals surface area contributed by atoms with E-state index in [0.717, 1.165) is 32.8 Å². The summed E-state index contributed by atoms with van der Waals surface area (Å²) in [6.07, 6.45) is 0.612. The van der Waals surface area contributed by atoms with Crippen molar-refractivity contribution in [3.8, 4) is 0 Å². The van der Waals surface area contributed by atoms with Crippen LogP contribution in [0.3, 0.4) is 0 Å². The van der Waals surface area contributed by atoms with Gasteiger partial charge in [0.1, 0.15) is 5.54 Å². The Morgan fingerprint density at radius 3 is 2.53 bits per heavy atom. The molecule has 0 aliphatic carbocycles. The molecule has 0 bridgehead atoms. The molecule has 1 saturated heterocycles. The molecule has 100 valence electrons. The summed E-state index contributed by atoms with van der Waals surface area (Å²) in [6, 6.07) is 0.167. The van der Waals surface area contributed by atoms with Crippen LogP contribution in [0.1, 0.15) is 27.2 Å². The molecule has 0 aromatic rings. The third kappa shape index (κ3) is 4.61. The second kappa shape index (κ2) is 6.33. The molecule has 5 nitrogen and oxygen atoms in total. The normalized spacial score (nSPS) is 21.4. The third-order valence-electron chi connectivity index (χ3n) is 3.11. The van der Waals surface area contributed by atoms with E-state index in [1.54, 1.807) is 6.92 Å². The Balaban J connectivity index is 2.45. The number of carbonyl (C=O) groups is 1. The highest BCUT2D eigenvalue weighted by atomic mass is 16.5. The first-order valence-corrected chi connectivity index (χ1v) is 6.25. The number of nitrogens with one attached hydrogen (secondary N) is 1. The van der Waals surface area contributed by atoms with Gasteiger partial charge in [-0.3, -0.25) is 15.0 Å². The van der Waals surface area contributed by atoms with Crippen molar-refractivity contribution in [3.63, 3.8) is 0 Å². The monoisotopic (exact) mass is 244 g/mol. The average Bonchev–Trinajstić information content (AvgIpc) is 2.27. The molecule has 0 aromatic heterocycles. The van der Waals surface area contributed by atoms with Gasteiger partial charge in [0.05, 0.1) is 13.2 Å². The Labute approximate surface area is 103 Å². The lowest BCUT2D eigenvalue weighted by Gasteiger charge is -2.33. The van der Waals surface area contributed by atoms with Gasteiger partial charge in [0.15, 0.2) is 0 Å². The van der Waals surface area contributed by atoms with Gasteiger partial charge in [-0.1, -0.05) is 0 Å². The number of nitrogens with zero attached hydrogens (tertiary/aromatic N) is 1. The molecule has 1 rings (SSSR count). The SMILES string of the molecule is CC(C)NC(C)(CCN1CCOCC1)C(=O)O. The second-order valence-corrected chi connectivity index (χ2v) is 5.14. The van der Waals surface area contributed by atoms with Crippen molar-refractivity contribution >= 4 is 5.97 Å². The predicted octanol–water partition coefficient (Wildman–Crippen LogP) is 0.550. The molecule has 0 amide bonds. The van der Waals surface area contributed by atoms with E-state index in [-0.39, 0.29) is 6.04 Å². The number of aliphatic carboxylic acids is 1. The Morgan fingerprint density at radius 1 is 1.47 bits per heavy atom. The maximum Gasteiger partial charge on any atom is 0.323 e. The molecule has 2 N–H and O–H groups in total. The number of hydrogen-bond donors (Lipinski definition) is 2. The van der Waals surface area contributed by atoms with E-state index in [4.69, 9.17) is 4.74 Å². The van der Waals surface area contributed by atoms with E-state index in [9.17, 15) is 9.90 Å². The first kappa shape index (κ1) is 14.4. The van der Waals surface area contributed by atoms with Crippen molar-refractivity contribution in [2.45, 2.75) is 38.8 Å². The van der Waals surface area contributed by atoms with Gasteiger partial charge in [-0.25, -0.2) is 0 Å². The Kier molecular flexibility index (Phi) is 5.36. The van der Waals surface area contributed by atoms with Crippen LogP contribution >= 0.6 is 0 Å².